The van der Waals surface area contributed by atoms with Gasteiger partial charge in [0.15, 0.2) is 5.75 Å². The van der Waals surface area contributed by atoms with Crippen molar-refractivity contribution in [1.82, 2.24) is 0 Å². The monoisotopic (exact) mass is 312 g/mol. The summed E-state index contributed by atoms with van der Waals surface area (Å²) in [5.41, 5.74) is 5.19. The molecule has 0 saturated heterocycles. The zero-order valence-electron chi connectivity index (χ0n) is 7.51. The fourth-order valence-corrected chi connectivity index (χ4v) is 1.92. The minimum atomic E-state index is -4.81. The molecule has 0 aromatic heterocycles. The Balaban J connectivity index is 3.10. The van der Waals surface area contributed by atoms with Crippen molar-refractivity contribution in [2.45, 2.75) is 11.3 Å². The number of thiocyanates is 1. The van der Waals surface area contributed by atoms with Crippen LogP contribution in [-0.2, 0) is 0 Å². The number of alkyl halides is 3. The van der Waals surface area contributed by atoms with E-state index < -0.39 is 12.1 Å². The zero-order chi connectivity index (χ0) is 12.3. The molecular formula is C8H4BrF3N2OS. The summed E-state index contributed by atoms with van der Waals surface area (Å²) in [4.78, 5) is 0.302. The average molecular weight is 313 g/mol. The molecule has 0 heterocycles. The van der Waals surface area contributed by atoms with E-state index in [9.17, 15) is 13.2 Å². The van der Waals surface area contributed by atoms with Crippen molar-refractivity contribution in [1.29, 1.82) is 5.26 Å². The molecule has 0 aliphatic carbocycles. The standard InChI is InChI=1S/C8H4BrF3N2OS/c9-4-1-5(14)6(15-8(10,11)12)2-7(4)16-3-13/h1-2H,14H2. The Kier molecular flexibility index (Phi) is 3.93. The van der Waals surface area contributed by atoms with Crippen LogP contribution in [0.5, 0.6) is 5.75 Å². The van der Waals surface area contributed by atoms with E-state index in [0.29, 0.717) is 21.1 Å². The normalized spacial score (nSPS) is 10.9. The van der Waals surface area contributed by atoms with Gasteiger partial charge in [0.2, 0.25) is 0 Å². The summed E-state index contributed by atoms with van der Waals surface area (Å²) in [7, 11) is 0. The van der Waals surface area contributed by atoms with Crippen LogP contribution in [0.15, 0.2) is 21.5 Å². The number of thioether (sulfide) groups is 1. The van der Waals surface area contributed by atoms with Gasteiger partial charge in [-0.25, -0.2) is 0 Å². The molecule has 86 valence electrons. The molecule has 3 nitrogen and oxygen atoms in total. The molecule has 0 amide bonds. The highest BCUT2D eigenvalue weighted by Crippen LogP contribution is 2.37. The predicted molar refractivity (Wildman–Crippen MR) is 56.7 cm³/mol. The third-order valence-corrected chi connectivity index (χ3v) is 3.01. The maximum atomic E-state index is 12.0. The van der Waals surface area contributed by atoms with Gasteiger partial charge in [-0.3, -0.25) is 0 Å². The van der Waals surface area contributed by atoms with E-state index in [1.54, 1.807) is 5.40 Å². The fourth-order valence-electron chi connectivity index (χ4n) is 0.891. The van der Waals surface area contributed by atoms with E-state index in [-0.39, 0.29) is 5.69 Å². The Morgan fingerprint density at radius 1 is 1.44 bits per heavy atom. The molecule has 0 atom stereocenters. The van der Waals surface area contributed by atoms with E-state index in [4.69, 9.17) is 11.0 Å². The number of ether oxygens (including phenoxy) is 1. The number of benzene rings is 1. The maximum Gasteiger partial charge on any atom is 0.573 e. The second-order valence-corrected chi connectivity index (χ2v) is 4.24. The molecule has 0 unspecified atom stereocenters. The molecule has 0 spiro atoms. The third kappa shape index (κ3) is 3.50. The molecule has 0 bridgehead atoms. The topological polar surface area (TPSA) is 59.0 Å². The smallest absolute Gasteiger partial charge is 0.404 e. The minimum absolute atomic E-state index is 0.161. The van der Waals surface area contributed by atoms with Crippen LogP contribution < -0.4 is 10.5 Å². The second kappa shape index (κ2) is 4.84. The molecule has 8 heteroatoms. The summed E-state index contributed by atoms with van der Waals surface area (Å²) in [6, 6.07) is 2.31. The first-order chi connectivity index (χ1) is 7.33. The van der Waals surface area contributed by atoms with E-state index in [2.05, 4.69) is 20.7 Å². The molecule has 1 rings (SSSR count). The lowest BCUT2D eigenvalue weighted by Gasteiger charge is -2.12. The van der Waals surface area contributed by atoms with Gasteiger partial charge in [0, 0.05) is 9.37 Å². The molecule has 0 fully saturated rings. The average Bonchev–Trinajstić information content (AvgIpc) is 2.11. The Bertz CT molecular complexity index is 444. The Hall–Kier alpha value is -1.07. The second-order valence-electron chi connectivity index (χ2n) is 2.56. The van der Waals surface area contributed by atoms with Gasteiger partial charge in [0.05, 0.1) is 5.69 Å². The van der Waals surface area contributed by atoms with Crippen LogP contribution in [0.4, 0.5) is 18.9 Å². The number of rotatable bonds is 2. The Morgan fingerprint density at radius 2 is 2.06 bits per heavy atom. The van der Waals surface area contributed by atoms with Gasteiger partial charge in [-0.05, 0) is 39.8 Å². The highest BCUT2D eigenvalue weighted by molar-refractivity contribution is 9.10. The molecule has 0 radical (unpaired) electrons. The lowest BCUT2D eigenvalue weighted by molar-refractivity contribution is -0.274. The van der Waals surface area contributed by atoms with Gasteiger partial charge >= 0.3 is 6.36 Å². The molecule has 1 aromatic carbocycles. The van der Waals surface area contributed by atoms with E-state index in [0.717, 1.165) is 6.07 Å². The third-order valence-electron chi connectivity index (χ3n) is 1.45. The Morgan fingerprint density at radius 3 is 2.56 bits per heavy atom. The number of anilines is 1. The van der Waals surface area contributed by atoms with Crippen molar-refractivity contribution in [3.05, 3.63) is 16.6 Å². The minimum Gasteiger partial charge on any atom is -0.404 e. The van der Waals surface area contributed by atoms with Crippen molar-refractivity contribution in [2.24, 2.45) is 0 Å². The first kappa shape index (κ1) is 13.0. The molecular weight excluding hydrogens is 309 g/mol. The first-order valence-corrected chi connectivity index (χ1v) is 5.35. The van der Waals surface area contributed by atoms with Crippen LogP contribution in [0.3, 0.4) is 0 Å². The lowest BCUT2D eigenvalue weighted by atomic mass is 10.3. The van der Waals surface area contributed by atoms with Gasteiger partial charge < -0.3 is 10.5 Å². The fraction of sp³-hybridized carbons (Fsp3) is 0.125. The number of hydrogen-bond acceptors (Lipinski definition) is 4. The summed E-state index contributed by atoms with van der Waals surface area (Å²) < 4.78 is 40.1. The highest BCUT2D eigenvalue weighted by atomic mass is 79.9. The summed E-state index contributed by atoms with van der Waals surface area (Å²) in [5, 5.41) is 10.2. The summed E-state index contributed by atoms with van der Waals surface area (Å²) in [6.45, 7) is 0. The highest BCUT2D eigenvalue weighted by Gasteiger charge is 2.32. The zero-order valence-corrected chi connectivity index (χ0v) is 9.91. The van der Waals surface area contributed by atoms with Gasteiger partial charge in [-0.1, -0.05) is 0 Å². The predicted octanol–water partition coefficient (Wildman–Crippen LogP) is 3.50. The van der Waals surface area contributed by atoms with Crippen molar-refractivity contribution in [3.8, 4) is 11.2 Å². The Labute approximate surface area is 101 Å². The lowest BCUT2D eigenvalue weighted by Crippen LogP contribution is -2.18. The number of nitrogens with two attached hydrogens (primary N) is 1. The molecule has 2 N–H and O–H groups in total. The van der Waals surface area contributed by atoms with Gasteiger partial charge in [0.1, 0.15) is 5.40 Å². The summed E-state index contributed by atoms with van der Waals surface area (Å²) in [5.74, 6) is -0.520. The largest absolute Gasteiger partial charge is 0.573 e. The van der Waals surface area contributed by atoms with Crippen molar-refractivity contribution in [3.63, 3.8) is 0 Å². The summed E-state index contributed by atoms with van der Waals surface area (Å²) in [6.07, 6.45) is -4.81. The van der Waals surface area contributed by atoms with Crippen molar-refractivity contribution in [2.75, 3.05) is 5.73 Å². The number of hydrogen-bond donors (Lipinski definition) is 1. The summed E-state index contributed by atoms with van der Waals surface area (Å²) >= 11 is 3.78. The number of halogens is 4. The van der Waals surface area contributed by atoms with E-state index in [1.165, 1.54) is 6.07 Å². The van der Waals surface area contributed by atoms with Crippen LogP contribution >= 0.6 is 27.7 Å². The van der Waals surface area contributed by atoms with Crippen LogP contribution in [0, 0.1) is 10.7 Å². The molecule has 16 heavy (non-hydrogen) atoms. The number of nitrogens with zero attached hydrogens (tertiary/aromatic N) is 1. The number of nitrogen functional groups attached to an aromatic ring is 1. The molecule has 0 aliphatic rings. The van der Waals surface area contributed by atoms with Crippen LogP contribution in [0.1, 0.15) is 0 Å². The maximum absolute atomic E-state index is 12.0. The van der Waals surface area contributed by atoms with Gasteiger partial charge in [0.25, 0.3) is 0 Å². The molecule has 0 aliphatic heterocycles. The van der Waals surface area contributed by atoms with Crippen LogP contribution in [0.2, 0.25) is 0 Å². The van der Waals surface area contributed by atoms with E-state index in [1.807, 2.05) is 0 Å². The van der Waals surface area contributed by atoms with Gasteiger partial charge in [-0.15, -0.1) is 13.2 Å². The number of nitriles is 1. The molecule has 1 aromatic rings. The quantitative estimate of drug-likeness (QED) is 0.516. The van der Waals surface area contributed by atoms with Crippen molar-refractivity contribution >= 4 is 33.4 Å². The SMILES string of the molecule is N#CSc1cc(OC(F)(F)F)c(N)cc1Br. The van der Waals surface area contributed by atoms with Crippen molar-refractivity contribution < 1.29 is 17.9 Å². The molecule has 0 saturated carbocycles. The van der Waals surface area contributed by atoms with Crippen LogP contribution in [0.25, 0.3) is 0 Å². The van der Waals surface area contributed by atoms with Gasteiger partial charge in [-0.2, -0.15) is 5.26 Å². The first-order valence-electron chi connectivity index (χ1n) is 3.74. The van der Waals surface area contributed by atoms with E-state index >= 15 is 0 Å². The van der Waals surface area contributed by atoms with Crippen LogP contribution in [-0.4, -0.2) is 6.36 Å².